The van der Waals surface area contributed by atoms with Crippen LogP contribution in [-0.4, -0.2) is 11.5 Å². The minimum atomic E-state index is -0.128. The number of hydrogen-bond donors (Lipinski definition) is 1. The van der Waals surface area contributed by atoms with Gasteiger partial charge in [0.15, 0.2) is 5.15 Å². The lowest BCUT2D eigenvalue weighted by Crippen LogP contribution is -2.06. The third kappa shape index (κ3) is 2.74. The first-order valence-corrected chi connectivity index (χ1v) is 8.09. The Kier molecular flexibility index (Phi) is 4.16. The highest BCUT2D eigenvalue weighted by molar-refractivity contribution is 7.10. The molecule has 0 radical (unpaired) electrons. The Bertz CT molecular complexity index is 910. The minimum Gasteiger partial charge on any atom is -0.497 e. The number of rotatable bonds is 4. The van der Waals surface area contributed by atoms with Gasteiger partial charge in [-0.15, -0.1) is 0 Å². The molecule has 7 heteroatoms. The van der Waals surface area contributed by atoms with Crippen LogP contribution in [0.5, 0.6) is 5.75 Å². The van der Waals surface area contributed by atoms with Crippen molar-refractivity contribution in [3.63, 3.8) is 0 Å². The quantitative estimate of drug-likeness (QED) is 0.726. The summed E-state index contributed by atoms with van der Waals surface area (Å²) in [5.41, 5.74) is 2.20. The van der Waals surface area contributed by atoms with E-state index in [-0.39, 0.29) is 11.2 Å². The molecular weight excluding hydrogens is 334 g/mol. The Balaban J connectivity index is 1.96. The monoisotopic (exact) mass is 347 g/mol. The van der Waals surface area contributed by atoms with Gasteiger partial charge in [0.25, 0.3) is 0 Å². The van der Waals surface area contributed by atoms with Crippen molar-refractivity contribution in [3.05, 3.63) is 40.2 Å². The van der Waals surface area contributed by atoms with Crippen LogP contribution in [0.3, 0.4) is 0 Å². The smallest absolute Gasteiger partial charge is 0.162 e. The number of nitrogens with one attached hydrogen (secondary N) is 1. The van der Waals surface area contributed by atoms with Crippen LogP contribution in [0.2, 0.25) is 5.15 Å². The first kappa shape index (κ1) is 15.7. The zero-order chi connectivity index (χ0) is 16.6. The molecular formula is C16H14ClN3O2S. The number of aromatic nitrogens is 1. The summed E-state index contributed by atoms with van der Waals surface area (Å²) in [7, 11) is 1.64. The van der Waals surface area contributed by atoms with Gasteiger partial charge in [-0.25, -0.2) is 0 Å². The summed E-state index contributed by atoms with van der Waals surface area (Å²) in [5, 5.41) is 14.3. The van der Waals surface area contributed by atoms with Gasteiger partial charge in [0.1, 0.15) is 33.7 Å². The highest BCUT2D eigenvalue weighted by Crippen LogP contribution is 2.35. The number of halogens is 1. The summed E-state index contributed by atoms with van der Waals surface area (Å²) in [6, 6.07) is 7.64. The fraction of sp³-hybridized carbons (Fsp3) is 0.250. The van der Waals surface area contributed by atoms with Crippen LogP contribution in [0.25, 0.3) is 11.0 Å². The molecule has 0 fully saturated rings. The van der Waals surface area contributed by atoms with Gasteiger partial charge in [-0.05, 0) is 43.6 Å². The molecule has 3 aromatic rings. The normalized spacial score (nSPS) is 12.1. The summed E-state index contributed by atoms with van der Waals surface area (Å²) in [6.45, 7) is 3.97. The Labute approximate surface area is 142 Å². The van der Waals surface area contributed by atoms with Crippen LogP contribution in [-0.2, 0) is 0 Å². The highest BCUT2D eigenvalue weighted by Gasteiger charge is 2.20. The average Bonchev–Trinajstić information content (AvgIpc) is 3.07. The molecule has 0 aliphatic carbocycles. The second-order valence-corrected chi connectivity index (χ2v) is 6.24. The zero-order valence-electron chi connectivity index (χ0n) is 12.8. The predicted octanol–water partition coefficient (Wildman–Crippen LogP) is 4.90. The van der Waals surface area contributed by atoms with E-state index in [0.29, 0.717) is 10.6 Å². The second kappa shape index (κ2) is 6.11. The Hall–Kier alpha value is -2.23. The molecule has 0 bridgehead atoms. The largest absolute Gasteiger partial charge is 0.497 e. The molecule has 5 nitrogen and oxygen atoms in total. The number of methoxy groups -OCH3 is 1. The summed E-state index contributed by atoms with van der Waals surface area (Å²) in [5.74, 6) is 1.59. The van der Waals surface area contributed by atoms with Crippen molar-refractivity contribution >= 4 is 39.1 Å². The Morgan fingerprint density at radius 1 is 1.48 bits per heavy atom. The van der Waals surface area contributed by atoms with Gasteiger partial charge in [-0.3, -0.25) is 0 Å². The molecule has 118 valence electrons. The molecule has 0 saturated carbocycles. The molecule has 1 atom stereocenters. The number of fused-ring (bicyclic) bond motifs is 1. The summed E-state index contributed by atoms with van der Waals surface area (Å²) in [4.78, 5) is 0. The lowest BCUT2D eigenvalue weighted by molar-refractivity contribution is 0.415. The van der Waals surface area contributed by atoms with Crippen molar-refractivity contribution in [1.82, 2.24) is 4.37 Å². The van der Waals surface area contributed by atoms with E-state index >= 15 is 0 Å². The van der Waals surface area contributed by atoms with Gasteiger partial charge in [0.2, 0.25) is 0 Å². The van der Waals surface area contributed by atoms with E-state index in [4.69, 9.17) is 26.0 Å². The van der Waals surface area contributed by atoms with E-state index < -0.39 is 0 Å². The van der Waals surface area contributed by atoms with E-state index in [1.165, 1.54) is 11.5 Å². The third-order valence-electron chi connectivity index (χ3n) is 3.68. The summed E-state index contributed by atoms with van der Waals surface area (Å²) >= 11 is 7.07. The van der Waals surface area contributed by atoms with Crippen LogP contribution < -0.4 is 10.1 Å². The van der Waals surface area contributed by atoms with Gasteiger partial charge in [-0.1, -0.05) is 11.6 Å². The molecule has 0 amide bonds. The van der Waals surface area contributed by atoms with Crippen molar-refractivity contribution in [2.45, 2.75) is 19.9 Å². The SMILES string of the molecule is COc1ccc2oc(C(C)Nc3snc(Cl)c3C#N)c(C)c2c1. The van der Waals surface area contributed by atoms with Crippen molar-refractivity contribution in [3.8, 4) is 11.8 Å². The van der Waals surface area contributed by atoms with Crippen molar-refractivity contribution in [2.75, 3.05) is 12.4 Å². The fourth-order valence-electron chi connectivity index (χ4n) is 2.49. The number of nitrogens with zero attached hydrogens (tertiary/aromatic N) is 2. The van der Waals surface area contributed by atoms with Crippen LogP contribution in [0, 0.1) is 18.3 Å². The lowest BCUT2D eigenvalue weighted by atomic mass is 10.1. The van der Waals surface area contributed by atoms with Crippen molar-refractivity contribution in [1.29, 1.82) is 5.26 Å². The van der Waals surface area contributed by atoms with Crippen molar-refractivity contribution in [2.24, 2.45) is 0 Å². The number of aryl methyl sites for hydroxylation is 1. The van der Waals surface area contributed by atoms with E-state index in [1.54, 1.807) is 7.11 Å². The Morgan fingerprint density at radius 2 is 2.26 bits per heavy atom. The predicted molar refractivity (Wildman–Crippen MR) is 91.4 cm³/mol. The van der Waals surface area contributed by atoms with Gasteiger partial charge in [-0.2, -0.15) is 9.64 Å². The van der Waals surface area contributed by atoms with Crippen LogP contribution in [0.15, 0.2) is 22.6 Å². The highest BCUT2D eigenvalue weighted by atomic mass is 35.5. The van der Waals surface area contributed by atoms with Crippen LogP contribution in [0.1, 0.15) is 29.9 Å². The van der Waals surface area contributed by atoms with Gasteiger partial charge in [0.05, 0.1) is 13.2 Å². The summed E-state index contributed by atoms with van der Waals surface area (Å²) in [6.07, 6.45) is 0. The Morgan fingerprint density at radius 3 is 2.96 bits per heavy atom. The molecule has 0 aliphatic heterocycles. The number of furan rings is 1. The number of hydrogen-bond acceptors (Lipinski definition) is 6. The maximum absolute atomic E-state index is 9.15. The molecule has 0 aliphatic rings. The number of benzene rings is 1. The number of nitriles is 1. The topological polar surface area (TPSA) is 71.1 Å². The molecule has 1 unspecified atom stereocenters. The zero-order valence-corrected chi connectivity index (χ0v) is 14.4. The van der Waals surface area contributed by atoms with Crippen LogP contribution >= 0.6 is 23.1 Å². The minimum absolute atomic E-state index is 0.128. The van der Waals surface area contributed by atoms with Gasteiger partial charge < -0.3 is 14.5 Å². The van der Waals surface area contributed by atoms with Gasteiger partial charge >= 0.3 is 0 Å². The molecule has 1 N–H and O–H groups in total. The van der Waals surface area contributed by atoms with Crippen molar-refractivity contribution < 1.29 is 9.15 Å². The molecule has 0 saturated heterocycles. The van der Waals surface area contributed by atoms with Crippen LogP contribution in [0.4, 0.5) is 5.00 Å². The van der Waals surface area contributed by atoms with E-state index in [2.05, 4.69) is 15.8 Å². The maximum atomic E-state index is 9.15. The van der Waals surface area contributed by atoms with E-state index in [9.17, 15) is 0 Å². The average molecular weight is 348 g/mol. The van der Waals surface area contributed by atoms with E-state index in [1.807, 2.05) is 32.0 Å². The second-order valence-electron chi connectivity index (χ2n) is 5.11. The molecule has 1 aromatic carbocycles. The first-order chi connectivity index (χ1) is 11.0. The van der Waals surface area contributed by atoms with E-state index in [0.717, 1.165) is 28.0 Å². The molecule has 3 rings (SSSR count). The van der Waals surface area contributed by atoms with Gasteiger partial charge in [0, 0.05) is 10.9 Å². The molecule has 2 heterocycles. The lowest BCUT2D eigenvalue weighted by Gasteiger charge is -2.12. The summed E-state index contributed by atoms with van der Waals surface area (Å²) < 4.78 is 15.2. The number of ether oxygens (including phenoxy) is 1. The number of anilines is 1. The standard InChI is InChI=1S/C16H14ClN3O2S/c1-8-11-6-10(21-3)4-5-13(11)22-14(8)9(2)19-16-12(7-18)15(17)20-23-16/h4-6,9,19H,1-3H3. The molecule has 0 spiro atoms. The molecule has 23 heavy (non-hydrogen) atoms. The fourth-order valence-corrected chi connectivity index (χ4v) is 3.51. The first-order valence-electron chi connectivity index (χ1n) is 6.94. The third-order valence-corrected chi connectivity index (χ3v) is 4.84. The molecule has 2 aromatic heterocycles. The maximum Gasteiger partial charge on any atom is 0.162 e.